The third-order valence-electron chi connectivity index (χ3n) is 3.17. The molecule has 1 rings (SSSR count). The highest BCUT2D eigenvalue weighted by Crippen LogP contribution is 2.29. The van der Waals surface area contributed by atoms with E-state index >= 15 is 0 Å². The molecule has 1 saturated carbocycles. The summed E-state index contributed by atoms with van der Waals surface area (Å²) in [5.41, 5.74) is 0.0131. The van der Waals surface area contributed by atoms with Crippen LogP contribution >= 0.6 is 0 Å². The molecule has 2 N–H and O–H groups in total. The molecule has 94 valence electrons. The Morgan fingerprint density at radius 2 is 2.00 bits per heavy atom. The molecule has 0 aromatic rings. The van der Waals surface area contributed by atoms with Crippen molar-refractivity contribution in [2.75, 3.05) is 13.1 Å². The van der Waals surface area contributed by atoms with Crippen molar-refractivity contribution in [3.8, 4) is 0 Å². The van der Waals surface area contributed by atoms with Crippen molar-refractivity contribution in [2.45, 2.75) is 52.5 Å². The van der Waals surface area contributed by atoms with Gasteiger partial charge in [0.15, 0.2) is 0 Å². The third kappa shape index (κ3) is 5.50. The zero-order valence-electron chi connectivity index (χ0n) is 11.1. The van der Waals surface area contributed by atoms with Gasteiger partial charge in [0.1, 0.15) is 0 Å². The average Bonchev–Trinajstić information content (AvgIpc) is 2.57. The summed E-state index contributed by atoms with van der Waals surface area (Å²) in [7, 11) is 0. The lowest BCUT2D eigenvalue weighted by molar-refractivity contribution is -0.120. The van der Waals surface area contributed by atoms with Crippen LogP contribution in [0.15, 0.2) is 0 Å². The monoisotopic (exact) mass is 226 g/mol. The lowest BCUT2D eigenvalue weighted by Gasteiger charge is -2.20. The molecule has 2 atom stereocenters. The lowest BCUT2D eigenvalue weighted by atomic mass is 10.1. The van der Waals surface area contributed by atoms with Crippen LogP contribution in [0.2, 0.25) is 0 Å². The Morgan fingerprint density at radius 1 is 1.31 bits per heavy atom. The first kappa shape index (κ1) is 13.5. The van der Waals surface area contributed by atoms with E-state index in [1.807, 2.05) is 0 Å². The van der Waals surface area contributed by atoms with Crippen molar-refractivity contribution in [1.29, 1.82) is 0 Å². The number of carbonyl (C=O) groups is 1. The fourth-order valence-electron chi connectivity index (χ4n) is 2.18. The third-order valence-corrected chi connectivity index (χ3v) is 3.17. The first-order valence-electron chi connectivity index (χ1n) is 6.38. The molecule has 1 fully saturated rings. The molecule has 1 aliphatic carbocycles. The largest absolute Gasteiger partial charge is 0.355 e. The van der Waals surface area contributed by atoms with Gasteiger partial charge < -0.3 is 10.6 Å². The molecule has 3 nitrogen and oxygen atoms in total. The van der Waals surface area contributed by atoms with E-state index < -0.39 is 0 Å². The van der Waals surface area contributed by atoms with Crippen LogP contribution in [0.1, 0.15) is 47.0 Å². The molecular weight excluding hydrogens is 200 g/mol. The van der Waals surface area contributed by atoms with Crippen LogP contribution < -0.4 is 10.6 Å². The minimum atomic E-state index is 0.0131. The SMILES string of the molecule is CC1CCC(CNC(=O)CNC(C)(C)C)C1. The zero-order chi connectivity index (χ0) is 12.2. The average molecular weight is 226 g/mol. The Hall–Kier alpha value is -0.570. The van der Waals surface area contributed by atoms with Crippen LogP contribution in [0, 0.1) is 11.8 Å². The summed E-state index contributed by atoms with van der Waals surface area (Å²) < 4.78 is 0. The van der Waals surface area contributed by atoms with Gasteiger partial charge in [0.25, 0.3) is 0 Å². The highest BCUT2D eigenvalue weighted by Gasteiger charge is 2.21. The van der Waals surface area contributed by atoms with Crippen molar-refractivity contribution in [1.82, 2.24) is 10.6 Å². The Bertz CT molecular complexity index is 233. The lowest BCUT2D eigenvalue weighted by Crippen LogP contribution is -2.44. The van der Waals surface area contributed by atoms with Gasteiger partial charge >= 0.3 is 0 Å². The fraction of sp³-hybridized carbons (Fsp3) is 0.923. The van der Waals surface area contributed by atoms with Gasteiger partial charge in [-0.25, -0.2) is 0 Å². The topological polar surface area (TPSA) is 41.1 Å². The molecule has 0 aromatic heterocycles. The van der Waals surface area contributed by atoms with E-state index in [-0.39, 0.29) is 11.4 Å². The molecule has 2 unspecified atom stereocenters. The van der Waals surface area contributed by atoms with E-state index in [0.717, 1.165) is 12.5 Å². The van der Waals surface area contributed by atoms with Crippen LogP contribution in [-0.4, -0.2) is 24.5 Å². The highest BCUT2D eigenvalue weighted by molar-refractivity contribution is 5.78. The first-order chi connectivity index (χ1) is 7.37. The van der Waals surface area contributed by atoms with Gasteiger partial charge in [-0.15, -0.1) is 0 Å². The maximum absolute atomic E-state index is 11.6. The van der Waals surface area contributed by atoms with Gasteiger partial charge in [-0.1, -0.05) is 13.3 Å². The minimum Gasteiger partial charge on any atom is -0.355 e. The van der Waals surface area contributed by atoms with E-state index in [0.29, 0.717) is 12.5 Å². The Balaban J connectivity index is 2.11. The molecule has 0 aromatic carbocycles. The fourth-order valence-corrected chi connectivity index (χ4v) is 2.18. The molecule has 0 radical (unpaired) electrons. The molecule has 1 amide bonds. The summed E-state index contributed by atoms with van der Waals surface area (Å²) in [6.45, 7) is 9.78. The summed E-state index contributed by atoms with van der Waals surface area (Å²) >= 11 is 0. The van der Waals surface area contributed by atoms with E-state index in [9.17, 15) is 4.79 Å². The van der Waals surface area contributed by atoms with Gasteiger partial charge in [0.05, 0.1) is 6.54 Å². The van der Waals surface area contributed by atoms with E-state index in [4.69, 9.17) is 0 Å². The van der Waals surface area contributed by atoms with Crippen LogP contribution in [-0.2, 0) is 4.79 Å². The quantitative estimate of drug-likeness (QED) is 0.769. The summed E-state index contributed by atoms with van der Waals surface area (Å²) in [6.07, 6.45) is 3.86. The Morgan fingerprint density at radius 3 is 2.50 bits per heavy atom. The van der Waals surface area contributed by atoms with E-state index in [2.05, 4.69) is 38.3 Å². The molecule has 16 heavy (non-hydrogen) atoms. The van der Waals surface area contributed by atoms with Crippen LogP contribution in [0.4, 0.5) is 0 Å². The zero-order valence-corrected chi connectivity index (χ0v) is 11.1. The van der Waals surface area contributed by atoms with Crippen LogP contribution in [0.3, 0.4) is 0 Å². The second kappa shape index (κ2) is 5.67. The van der Waals surface area contributed by atoms with Crippen LogP contribution in [0.5, 0.6) is 0 Å². The normalized spacial score (nSPS) is 25.8. The second-order valence-corrected chi connectivity index (χ2v) is 6.19. The first-order valence-corrected chi connectivity index (χ1v) is 6.38. The van der Waals surface area contributed by atoms with Gasteiger partial charge in [-0.3, -0.25) is 4.79 Å². The predicted molar refractivity (Wildman–Crippen MR) is 67.3 cm³/mol. The van der Waals surface area contributed by atoms with Gasteiger partial charge in [-0.2, -0.15) is 0 Å². The second-order valence-electron chi connectivity index (χ2n) is 6.19. The van der Waals surface area contributed by atoms with Gasteiger partial charge in [0.2, 0.25) is 5.91 Å². The summed E-state index contributed by atoms with van der Waals surface area (Å²) in [5.74, 6) is 1.66. The number of hydrogen-bond acceptors (Lipinski definition) is 2. The van der Waals surface area contributed by atoms with Crippen LogP contribution in [0.25, 0.3) is 0 Å². The van der Waals surface area contributed by atoms with E-state index in [1.54, 1.807) is 0 Å². The standard InChI is InChI=1S/C13H26N2O/c1-10-5-6-11(7-10)8-14-12(16)9-15-13(2,3)4/h10-11,15H,5-9H2,1-4H3,(H,14,16). The summed E-state index contributed by atoms with van der Waals surface area (Å²) in [6, 6.07) is 0. The number of rotatable bonds is 4. The van der Waals surface area contributed by atoms with Crippen molar-refractivity contribution in [3.63, 3.8) is 0 Å². The number of carbonyl (C=O) groups excluding carboxylic acids is 1. The Labute approximate surface area is 99.4 Å². The smallest absolute Gasteiger partial charge is 0.233 e. The molecule has 0 spiro atoms. The van der Waals surface area contributed by atoms with Crippen molar-refractivity contribution in [3.05, 3.63) is 0 Å². The highest BCUT2D eigenvalue weighted by atomic mass is 16.1. The molecule has 0 saturated heterocycles. The van der Waals surface area contributed by atoms with E-state index in [1.165, 1.54) is 19.3 Å². The maximum atomic E-state index is 11.6. The predicted octanol–water partition coefficient (Wildman–Crippen LogP) is 1.93. The Kier molecular flexibility index (Phi) is 4.78. The maximum Gasteiger partial charge on any atom is 0.233 e. The summed E-state index contributed by atoms with van der Waals surface area (Å²) in [4.78, 5) is 11.6. The molecular formula is C13H26N2O. The van der Waals surface area contributed by atoms with Gasteiger partial charge in [-0.05, 0) is 45.4 Å². The summed E-state index contributed by atoms with van der Waals surface area (Å²) in [5, 5.41) is 6.21. The number of nitrogens with one attached hydrogen (secondary N) is 2. The molecule has 3 heteroatoms. The van der Waals surface area contributed by atoms with Gasteiger partial charge in [0, 0.05) is 12.1 Å². The van der Waals surface area contributed by atoms with Crippen molar-refractivity contribution < 1.29 is 4.79 Å². The molecule has 0 aliphatic heterocycles. The minimum absolute atomic E-state index is 0.0131. The number of amides is 1. The van der Waals surface area contributed by atoms with Crippen molar-refractivity contribution in [2.24, 2.45) is 11.8 Å². The molecule has 1 aliphatic rings. The molecule has 0 heterocycles. The number of hydrogen-bond donors (Lipinski definition) is 2. The molecule has 0 bridgehead atoms. The van der Waals surface area contributed by atoms with Crippen molar-refractivity contribution >= 4 is 5.91 Å².